The maximum atomic E-state index is 12.7. The van der Waals surface area contributed by atoms with E-state index < -0.39 is 11.7 Å². The molecule has 1 aliphatic rings. The van der Waals surface area contributed by atoms with Crippen LogP contribution >= 0.6 is 0 Å². The number of alkyl halides is 3. The number of benzene rings is 2. The summed E-state index contributed by atoms with van der Waals surface area (Å²) < 4.78 is 38.0. The second kappa shape index (κ2) is 5.76. The first-order chi connectivity index (χ1) is 10.4. The van der Waals surface area contributed by atoms with Crippen molar-refractivity contribution < 1.29 is 13.2 Å². The molecule has 1 nitrogen and oxygen atoms in total. The first kappa shape index (κ1) is 15.1. The van der Waals surface area contributed by atoms with E-state index in [4.69, 9.17) is 0 Å². The first-order valence-corrected chi connectivity index (χ1v) is 7.36. The predicted octanol–water partition coefficient (Wildman–Crippen LogP) is 4.48. The maximum absolute atomic E-state index is 12.7. The Kier molecular flexibility index (Phi) is 3.96. The lowest BCUT2D eigenvalue weighted by Gasteiger charge is -2.21. The predicted molar refractivity (Wildman–Crippen MR) is 80.7 cm³/mol. The van der Waals surface area contributed by atoms with Crippen LogP contribution in [0.1, 0.15) is 28.2 Å². The Morgan fingerprint density at radius 3 is 2.23 bits per heavy atom. The lowest BCUT2D eigenvalue weighted by Crippen LogP contribution is -2.22. The van der Waals surface area contributed by atoms with Crippen molar-refractivity contribution in [2.24, 2.45) is 0 Å². The fourth-order valence-corrected chi connectivity index (χ4v) is 3.14. The molecule has 0 saturated heterocycles. The Balaban J connectivity index is 1.88. The Morgan fingerprint density at radius 1 is 0.955 bits per heavy atom. The molecule has 0 aliphatic carbocycles. The third kappa shape index (κ3) is 3.17. The average Bonchev–Trinajstić information content (AvgIpc) is 2.64. The molecular weight excluding hydrogens is 287 g/mol. The number of hydrogen-bond acceptors (Lipinski definition) is 1. The normalized spacial score (nSPS) is 19.5. The Labute approximate surface area is 128 Å². The van der Waals surface area contributed by atoms with E-state index in [-0.39, 0.29) is 5.92 Å². The van der Waals surface area contributed by atoms with Crippen LogP contribution in [-0.2, 0) is 19.1 Å². The zero-order chi connectivity index (χ0) is 15.7. The molecular formula is C18H18F3N. The minimum absolute atomic E-state index is 0.218. The molecule has 0 fully saturated rings. The smallest absolute Gasteiger partial charge is 0.301 e. The van der Waals surface area contributed by atoms with Crippen LogP contribution in [0.5, 0.6) is 0 Å². The van der Waals surface area contributed by atoms with Crippen LogP contribution < -0.4 is 0 Å². The zero-order valence-electron chi connectivity index (χ0n) is 12.4. The molecule has 22 heavy (non-hydrogen) atoms. The van der Waals surface area contributed by atoms with Gasteiger partial charge in [-0.1, -0.05) is 36.4 Å². The summed E-state index contributed by atoms with van der Waals surface area (Å²) >= 11 is 0. The fraction of sp³-hybridized carbons (Fsp3) is 0.333. The summed E-state index contributed by atoms with van der Waals surface area (Å²) in [6, 6.07) is 13.9. The largest absolute Gasteiger partial charge is 0.416 e. The van der Waals surface area contributed by atoms with Crippen molar-refractivity contribution >= 4 is 0 Å². The molecule has 1 unspecified atom stereocenters. The van der Waals surface area contributed by atoms with Crippen LogP contribution in [0.15, 0.2) is 48.5 Å². The number of fused-ring (bicyclic) bond motifs is 1. The molecule has 0 aromatic heterocycles. The van der Waals surface area contributed by atoms with Gasteiger partial charge in [0.1, 0.15) is 0 Å². The monoisotopic (exact) mass is 305 g/mol. The molecule has 0 N–H and O–H groups in total. The van der Waals surface area contributed by atoms with Crippen LogP contribution in [-0.4, -0.2) is 18.5 Å². The average molecular weight is 305 g/mol. The Morgan fingerprint density at radius 2 is 1.59 bits per heavy atom. The van der Waals surface area contributed by atoms with Crippen LogP contribution in [0, 0.1) is 0 Å². The second-order valence-electron chi connectivity index (χ2n) is 5.99. The van der Waals surface area contributed by atoms with Gasteiger partial charge in [-0.3, -0.25) is 0 Å². The highest BCUT2D eigenvalue weighted by molar-refractivity contribution is 5.33. The van der Waals surface area contributed by atoms with Crippen molar-refractivity contribution in [1.82, 2.24) is 4.90 Å². The highest BCUT2D eigenvalue weighted by Gasteiger charge is 2.30. The summed E-state index contributed by atoms with van der Waals surface area (Å²) in [5.41, 5.74) is 2.98. The molecule has 1 aliphatic heterocycles. The number of rotatable bonds is 1. The van der Waals surface area contributed by atoms with E-state index in [1.54, 1.807) is 12.1 Å². The van der Waals surface area contributed by atoms with Gasteiger partial charge in [-0.05, 0) is 42.3 Å². The van der Waals surface area contributed by atoms with E-state index in [0.717, 1.165) is 25.1 Å². The van der Waals surface area contributed by atoms with Crippen molar-refractivity contribution in [3.05, 3.63) is 70.8 Å². The van der Waals surface area contributed by atoms with E-state index in [1.807, 2.05) is 12.1 Å². The van der Waals surface area contributed by atoms with Gasteiger partial charge in [0.05, 0.1) is 5.56 Å². The molecule has 0 bridgehead atoms. The SMILES string of the molecule is CN1Cc2ccccc2CC(c2ccc(C(F)(F)F)cc2)C1. The summed E-state index contributed by atoms with van der Waals surface area (Å²) in [5.74, 6) is 0.218. The zero-order valence-corrected chi connectivity index (χ0v) is 12.4. The standard InChI is InChI=1S/C18H18F3N/c1-22-11-15-5-3-2-4-14(15)10-16(12-22)13-6-8-17(9-7-13)18(19,20)21/h2-9,16H,10-12H2,1H3. The van der Waals surface area contributed by atoms with Gasteiger partial charge in [-0.15, -0.1) is 0 Å². The summed E-state index contributed by atoms with van der Waals surface area (Å²) in [6.07, 6.45) is -3.41. The number of nitrogens with zero attached hydrogens (tertiary/aromatic N) is 1. The van der Waals surface area contributed by atoms with Gasteiger partial charge < -0.3 is 4.90 Å². The molecule has 2 aromatic rings. The molecule has 0 amide bonds. The Hall–Kier alpha value is -1.81. The molecule has 0 radical (unpaired) electrons. The van der Waals surface area contributed by atoms with Gasteiger partial charge >= 0.3 is 6.18 Å². The summed E-state index contributed by atoms with van der Waals surface area (Å²) in [5, 5.41) is 0. The topological polar surface area (TPSA) is 3.24 Å². The van der Waals surface area contributed by atoms with E-state index in [9.17, 15) is 13.2 Å². The number of likely N-dealkylation sites (N-methyl/N-ethyl adjacent to an activating group) is 1. The van der Waals surface area contributed by atoms with Crippen molar-refractivity contribution in [1.29, 1.82) is 0 Å². The van der Waals surface area contributed by atoms with E-state index in [0.29, 0.717) is 0 Å². The molecule has 1 heterocycles. The molecule has 1 atom stereocenters. The minimum atomic E-state index is -4.27. The van der Waals surface area contributed by atoms with Gasteiger partial charge in [0, 0.05) is 19.0 Å². The quantitative estimate of drug-likeness (QED) is 0.751. The number of hydrogen-bond donors (Lipinski definition) is 0. The van der Waals surface area contributed by atoms with Crippen molar-refractivity contribution in [3.8, 4) is 0 Å². The Bertz CT molecular complexity index is 646. The van der Waals surface area contributed by atoms with Crippen molar-refractivity contribution in [2.45, 2.75) is 25.1 Å². The highest BCUT2D eigenvalue weighted by Crippen LogP contribution is 2.32. The molecule has 2 aromatic carbocycles. The van der Waals surface area contributed by atoms with E-state index in [2.05, 4.69) is 24.1 Å². The first-order valence-electron chi connectivity index (χ1n) is 7.36. The second-order valence-corrected chi connectivity index (χ2v) is 5.99. The third-order valence-corrected chi connectivity index (χ3v) is 4.27. The van der Waals surface area contributed by atoms with Crippen LogP contribution in [0.4, 0.5) is 13.2 Å². The fourth-order valence-electron chi connectivity index (χ4n) is 3.14. The molecule has 0 spiro atoms. The van der Waals surface area contributed by atoms with Crippen molar-refractivity contribution in [3.63, 3.8) is 0 Å². The van der Waals surface area contributed by atoms with Crippen molar-refractivity contribution in [2.75, 3.05) is 13.6 Å². The van der Waals surface area contributed by atoms with Crippen LogP contribution in [0.2, 0.25) is 0 Å². The minimum Gasteiger partial charge on any atom is -0.301 e. The third-order valence-electron chi connectivity index (χ3n) is 4.27. The maximum Gasteiger partial charge on any atom is 0.416 e. The molecule has 0 saturated carbocycles. The van der Waals surface area contributed by atoms with Gasteiger partial charge in [0.25, 0.3) is 0 Å². The van der Waals surface area contributed by atoms with Crippen LogP contribution in [0.3, 0.4) is 0 Å². The molecule has 4 heteroatoms. The van der Waals surface area contributed by atoms with E-state index >= 15 is 0 Å². The van der Waals surface area contributed by atoms with Gasteiger partial charge in [0.15, 0.2) is 0 Å². The lowest BCUT2D eigenvalue weighted by molar-refractivity contribution is -0.137. The summed E-state index contributed by atoms with van der Waals surface area (Å²) in [4.78, 5) is 2.23. The van der Waals surface area contributed by atoms with Crippen LogP contribution in [0.25, 0.3) is 0 Å². The van der Waals surface area contributed by atoms with E-state index in [1.165, 1.54) is 23.3 Å². The lowest BCUT2D eigenvalue weighted by atomic mass is 9.91. The summed E-state index contributed by atoms with van der Waals surface area (Å²) in [7, 11) is 2.05. The van der Waals surface area contributed by atoms with Gasteiger partial charge in [0.2, 0.25) is 0 Å². The van der Waals surface area contributed by atoms with Gasteiger partial charge in [-0.25, -0.2) is 0 Å². The highest BCUT2D eigenvalue weighted by atomic mass is 19.4. The number of halogens is 3. The molecule has 3 rings (SSSR count). The summed E-state index contributed by atoms with van der Waals surface area (Å²) in [6.45, 7) is 1.73. The van der Waals surface area contributed by atoms with Gasteiger partial charge in [-0.2, -0.15) is 13.2 Å². The molecule has 116 valence electrons.